The van der Waals surface area contributed by atoms with Crippen molar-refractivity contribution in [2.24, 2.45) is 5.92 Å². The average Bonchev–Trinajstić information content (AvgIpc) is 3.01. The molecule has 0 radical (unpaired) electrons. The Balaban J connectivity index is 1.59. The van der Waals surface area contributed by atoms with E-state index in [4.69, 9.17) is 0 Å². The van der Waals surface area contributed by atoms with Crippen LogP contribution in [0.15, 0.2) is 54.6 Å². The molecular formula is C18H17N3O4. The minimum atomic E-state index is -0.538. The second-order valence-electron chi connectivity index (χ2n) is 5.93. The number of nitro benzene ring substituents is 1. The van der Waals surface area contributed by atoms with Crippen LogP contribution in [0.5, 0.6) is 0 Å². The summed E-state index contributed by atoms with van der Waals surface area (Å²) in [6, 6.07) is 15.0. The van der Waals surface area contributed by atoms with Gasteiger partial charge in [-0.05, 0) is 18.2 Å². The number of nitro groups is 1. The summed E-state index contributed by atoms with van der Waals surface area (Å²) in [4.78, 5) is 36.3. The number of amides is 2. The number of carbonyl (C=O) groups is 2. The fraction of sp³-hybridized carbons (Fsp3) is 0.222. The third-order valence-corrected chi connectivity index (χ3v) is 4.14. The first-order valence-corrected chi connectivity index (χ1v) is 7.92. The van der Waals surface area contributed by atoms with Gasteiger partial charge in [-0.2, -0.15) is 0 Å². The molecule has 1 unspecified atom stereocenters. The molecule has 1 N–H and O–H groups in total. The van der Waals surface area contributed by atoms with Crippen LogP contribution in [0.25, 0.3) is 0 Å². The molecule has 1 saturated heterocycles. The Kier molecular flexibility index (Phi) is 4.74. The van der Waals surface area contributed by atoms with Crippen molar-refractivity contribution in [1.29, 1.82) is 0 Å². The van der Waals surface area contributed by atoms with Crippen LogP contribution in [0.1, 0.15) is 16.8 Å². The van der Waals surface area contributed by atoms with Crippen molar-refractivity contribution in [3.05, 3.63) is 70.3 Å². The third kappa shape index (κ3) is 3.82. The van der Waals surface area contributed by atoms with Gasteiger partial charge < -0.3 is 10.2 Å². The van der Waals surface area contributed by atoms with E-state index < -0.39 is 4.92 Å². The Hall–Kier alpha value is -3.22. The Morgan fingerprint density at radius 1 is 1.20 bits per heavy atom. The number of benzene rings is 2. The minimum absolute atomic E-state index is 0.00959. The highest BCUT2D eigenvalue weighted by atomic mass is 16.6. The molecular weight excluding hydrogens is 322 g/mol. The topological polar surface area (TPSA) is 92.6 Å². The number of para-hydroxylation sites is 1. The monoisotopic (exact) mass is 339 g/mol. The fourth-order valence-electron chi connectivity index (χ4n) is 2.88. The molecule has 0 bridgehead atoms. The SMILES string of the molecule is O=C(NCC1CC(=O)N(c2ccccc2)C1)c1cccc([N+](=O)[O-])c1. The summed E-state index contributed by atoms with van der Waals surface area (Å²) in [5.41, 5.74) is 0.956. The molecule has 128 valence electrons. The van der Waals surface area contributed by atoms with E-state index in [1.807, 2.05) is 30.3 Å². The Bertz CT molecular complexity index is 807. The van der Waals surface area contributed by atoms with Gasteiger partial charge in [0, 0.05) is 48.8 Å². The zero-order valence-corrected chi connectivity index (χ0v) is 13.4. The summed E-state index contributed by atoms with van der Waals surface area (Å²) >= 11 is 0. The van der Waals surface area contributed by atoms with E-state index in [0.29, 0.717) is 19.5 Å². The molecule has 2 amide bonds. The lowest BCUT2D eigenvalue weighted by Gasteiger charge is -2.16. The molecule has 1 aliphatic rings. The van der Waals surface area contributed by atoms with Crippen molar-refractivity contribution >= 4 is 23.2 Å². The van der Waals surface area contributed by atoms with Gasteiger partial charge in [0.15, 0.2) is 0 Å². The van der Waals surface area contributed by atoms with Crippen LogP contribution in [-0.4, -0.2) is 29.8 Å². The predicted molar refractivity (Wildman–Crippen MR) is 92.3 cm³/mol. The fourth-order valence-corrected chi connectivity index (χ4v) is 2.88. The maximum atomic E-state index is 12.2. The van der Waals surface area contributed by atoms with Gasteiger partial charge in [0.1, 0.15) is 0 Å². The zero-order chi connectivity index (χ0) is 17.8. The van der Waals surface area contributed by atoms with E-state index in [9.17, 15) is 19.7 Å². The molecule has 7 nitrogen and oxygen atoms in total. The molecule has 2 aromatic carbocycles. The Morgan fingerprint density at radius 2 is 1.96 bits per heavy atom. The maximum Gasteiger partial charge on any atom is 0.270 e. The van der Waals surface area contributed by atoms with Gasteiger partial charge in [0.25, 0.3) is 11.6 Å². The number of hydrogen-bond acceptors (Lipinski definition) is 4. The second kappa shape index (κ2) is 7.12. The number of nitrogens with zero attached hydrogens (tertiary/aromatic N) is 2. The third-order valence-electron chi connectivity index (χ3n) is 4.14. The molecule has 0 aromatic heterocycles. The summed E-state index contributed by atoms with van der Waals surface area (Å²) in [7, 11) is 0. The van der Waals surface area contributed by atoms with Crippen molar-refractivity contribution < 1.29 is 14.5 Å². The summed E-state index contributed by atoms with van der Waals surface area (Å²) < 4.78 is 0. The highest BCUT2D eigenvalue weighted by Crippen LogP contribution is 2.24. The lowest BCUT2D eigenvalue weighted by atomic mass is 10.1. The van der Waals surface area contributed by atoms with Crippen LogP contribution in [0.2, 0.25) is 0 Å². The van der Waals surface area contributed by atoms with Crippen molar-refractivity contribution in [1.82, 2.24) is 5.32 Å². The van der Waals surface area contributed by atoms with E-state index in [1.165, 1.54) is 24.3 Å². The molecule has 25 heavy (non-hydrogen) atoms. The van der Waals surface area contributed by atoms with Crippen LogP contribution in [-0.2, 0) is 4.79 Å². The summed E-state index contributed by atoms with van der Waals surface area (Å²) in [5.74, 6) is -0.342. The summed E-state index contributed by atoms with van der Waals surface area (Å²) in [6.07, 6.45) is 0.365. The first-order valence-electron chi connectivity index (χ1n) is 7.92. The molecule has 1 heterocycles. The smallest absolute Gasteiger partial charge is 0.270 e. The van der Waals surface area contributed by atoms with E-state index in [2.05, 4.69) is 5.32 Å². The largest absolute Gasteiger partial charge is 0.352 e. The van der Waals surface area contributed by atoms with Crippen LogP contribution in [0.3, 0.4) is 0 Å². The number of hydrogen-bond donors (Lipinski definition) is 1. The molecule has 1 atom stereocenters. The standard InChI is InChI=1S/C18H17N3O4/c22-17-9-13(12-20(17)15-6-2-1-3-7-15)11-19-18(23)14-5-4-8-16(10-14)21(24)25/h1-8,10,13H,9,11-12H2,(H,19,23). The normalized spacial score (nSPS) is 16.7. The second-order valence-corrected chi connectivity index (χ2v) is 5.93. The number of anilines is 1. The molecule has 1 fully saturated rings. The van der Waals surface area contributed by atoms with Crippen molar-refractivity contribution in [3.8, 4) is 0 Å². The maximum absolute atomic E-state index is 12.2. The van der Waals surface area contributed by atoms with Gasteiger partial charge >= 0.3 is 0 Å². The van der Waals surface area contributed by atoms with Crippen LogP contribution in [0, 0.1) is 16.0 Å². The van der Waals surface area contributed by atoms with E-state index in [1.54, 1.807) is 4.90 Å². The van der Waals surface area contributed by atoms with Gasteiger partial charge in [-0.1, -0.05) is 24.3 Å². The lowest BCUT2D eigenvalue weighted by molar-refractivity contribution is -0.384. The van der Waals surface area contributed by atoms with Gasteiger partial charge in [-0.25, -0.2) is 0 Å². The van der Waals surface area contributed by atoms with E-state index >= 15 is 0 Å². The number of carbonyl (C=O) groups excluding carboxylic acids is 2. The van der Waals surface area contributed by atoms with Crippen LogP contribution < -0.4 is 10.2 Å². The highest BCUT2D eigenvalue weighted by molar-refractivity contribution is 5.96. The minimum Gasteiger partial charge on any atom is -0.352 e. The molecule has 2 aromatic rings. The van der Waals surface area contributed by atoms with Crippen molar-refractivity contribution in [3.63, 3.8) is 0 Å². The predicted octanol–water partition coefficient (Wildman–Crippen LogP) is 2.38. The van der Waals surface area contributed by atoms with Crippen molar-refractivity contribution in [2.45, 2.75) is 6.42 Å². The van der Waals surface area contributed by atoms with Crippen LogP contribution in [0.4, 0.5) is 11.4 Å². The molecule has 0 aliphatic carbocycles. The zero-order valence-electron chi connectivity index (χ0n) is 13.4. The summed E-state index contributed by atoms with van der Waals surface area (Å²) in [6.45, 7) is 0.884. The molecule has 7 heteroatoms. The highest BCUT2D eigenvalue weighted by Gasteiger charge is 2.30. The number of rotatable bonds is 5. The average molecular weight is 339 g/mol. The van der Waals surface area contributed by atoms with Crippen molar-refractivity contribution in [2.75, 3.05) is 18.0 Å². The lowest BCUT2D eigenvalue weighted by Crippen LogP contribution is -2.31. The van der Waals surface area contributed by atoms with Gasteiger partial charge in [-0.15, -0.1) is 0 Å². The number of nitrogens with one attached hydrogen (secondary N) is 1. The molecule has 0 saturated carbocycles. The first kappa shape index (κ1) is 16.6. The molecule has 1 aliphatic heterocycles. The Labute approximate surface area is 144 Å². The summed E-state index contributed by atoms with van der Waals surface area (Å²) in [5, 5.41) is 13.5. The van der Waals surface area contributed by atoms with E-state index in [-0.39, 0.29) is 29.0 Å². The van der Waals surface area contributed by atoms with Gasteiger partial charge in [-0.3, -0.25) is 19.7 Å². The van der Waals surface area contributed by atoms with Crippen LogP contribution >= 0.6 is 0 Å². The van der Waals surface area contributed by atoms with E-state index in [0.717, 1.165) is 5.69 Å². The van der Waals surface area contributed by atoms with Gasteiger partial charge in [0.05, 0.1) is 4.92 Å². The Morgan fingerprint density at radius 3 is 2.68 bits per heavy atom. The first-order chi connectivity index (χ1) is 12.0. The number of non-ortho nitro benzene ring substituents is 1. The molecule has 0 spiro atoms. The van der Waals surface area contributed by atoms with Gasteiger partial charge in [0.2, 0.25) is 5.91 Å². The molecule has 3 rings (SSSR count). The quantitative estimate of drug-likeness (QED) is 0.668.